The topological polar surface area (TPSA) is 12.5 Å². The van der Waals surface area contributed by atoms with E-state index in [4.69, 9.17) is 4.74 Å². The Morgan fingerprint density at radius 1 is 1.00 bits per heavy atom. The first kappa shape index (κ1) is 20.9. The summed E-state index contributed by atoms with van der Waals surface area (Å²) in [6.45, 7) is 8.40. The lowest BCUT2D eigenvalue weighted by Crippen LogP contribution is -2.42. The fourth-order valence-electron chi connectivity index (χ4n) is 3.46. The Labute approximate surface area is 134 Å². The molecule has 1 aliphatic heterocycles. The van der Waals surface area contributed by atoms with Gasteiger partial charge in [-0.05, 0) is 51.1 Å². The molecule has 1 fully saturated rings. The molecular formula is C19H41NO. The summed E-state index contributed by atoms with van der Waals surface area (Å²) in [4.78, 5) is 2.76. The minimum absolute atomic E-state index is 0. The van der Waals surface area contributed by atoms with Crippen molar-refractivity contribution in [2.24, 2.45) is 5.92 Å². The van der Waals surface area contributed by atoms with E-state index in [0.717, 1.165) is 18.6 Å². The van der Waals surface area contributed by atoms with Crippen molar-refractivity contribution in [2.45, 2.75) is 91.5 Å². The smallest absolute Gasteiger partial charge is 0.0462 e. The first-order valence-corrected chi connectivity index (χ1v) is 9.01. The van der Waals surface area contributed by atoms with E-state index in [1.807, 2.05) is 0 Å². The summed E-state index contributed by atoms with van der Waals surface area (Å²) in [5, 5.41) is 0. The highest BCUT2D eigenvalue weighted by Gasteiger charge is 2.23. The number of likely N-dealkylation sites (tertiary alicyclic amines) is 1. The summed E-state index contributed by atoms with van der Waals surface area (Å²) in [5.74, 6) is 0.948. The summed E-state index contributed by atoms with van der Waals surface area (Å²) in [7, 11) is 1.80. The molecule has 2 unspecified atom stereocenters. The molecule has 1 heterocycles. The number of methoxy groups -OCH3 is 1. The van der Waals surface area contributed by atoms with Gasteiger partial charge in [0.15, 0.2) is 0 Å². The maximum absolute atomic E-state index is 5.08. The minimum atomic E-state index is 0. The van der Waals surface area contributed by atoms with E-state index in [-0.39, 0.29) is 7.43 Å². The molecule has 2 heteroatoms. The lowest BCUT2D eigenvalue weighted by molar-refractivity contribution is 0.112. The third-order valence-corrected chi connectivity index (χ3v) is 4.86. The summed E-state index contributed by atoms with van der Waals surface area (Å²) in [5.41, 5.74) is 0. The molecule has 0 aromatic heterocycles. The van der Waals surface area contributed by atoms with Crippen LogP contribution in [0.4, 0.5) is 0 Å². The van der Waals surface area contributed by atoms with Crippen LogP contribution in [0, 0.1) is 5.92 Å². The van der Waals surface area contributed by atoms with Gasteiger partial charge in [-0.1, -0.05) is 53.4 Å². The molecule has 21 heavy (non-hydrogen) atoms. The second kappa shape index (κ2) is 13.6. The van der Waals surface area contributed by atoms with Gasteiger partial charge in [0.2, 0.25) is 0 Å². The molecule has 1 saturated heterocycles. The molecule has 128 valence electrons. The number of hydrogen-bond acceptors (Lipinski definition) is 2. The lowest BCUT2D eigenvalue weighted by Gasteiger charge is -2.38. The summed E-state index contributed by atoms with van der Waals surface area (Å²) in [6.07, 6.45) is 13.8. The van der Waals surface area contributed by atoms with Gasteiger partial charge in [0, 0.05) is 19.8 Å². The fraction of sp³-hybridized carbons (Fsp3) is 1.00. The van der Waals surface area contributed by atoms with Crippen molar-refractivity contribution in [3.05, 3.63) is 0 Å². The van der Waals surface area contributed by atoms with Gasteiger partial charge in [0.1, 0.15) is 0 Å². The zero-order chi connectivity index (χ0) is 14.6. The van der Waals surface area contributed by atoms with E-state index in [2.05, 4.69) is 18.7 Å². The van der Waals surface area contributed by atoms with Gasteiger partial charge < -0.3 is 9.64 Å². The van der Waals surface area contributed by atoms with Gasteiger partial charge in [0.05, 0.1) is 0 Å². The van der Waals surface area contributed by atoms with E-state index in [9.17, 15) is 0 Å². The van der Waals surface area contributed by atoms with E-state index in [1.54, 1.807) is 7.11 Å². The Kier molecular flexibility index (Phi) is 13.5. The number of rotatable bonds is 11. The summed E-state index contributed by atoms with van der Waals surface area (Å²) in [6, 6.07) is 0.868. The SMILES string of the molecule is C.CCC1CC(C)CCN1CCCCCCCCCOC. The highest BCUT2D eigenvalue weighted by Crippen LogP contribution is 2.24. The van der Waals surface area contributed by atoms with Crippen LogP contribution in [0.15, 0.2) is 0 Å². The van der Waals surface area contributed by atoms with Crippen LogP contribution in [-0.4, -0.2) is 37.7 Å². The molecule has 0 N–H and O–H groups in total. The molecule has 1 rings (SSSR count). The fourth-order valence-corrected chi connectivity index (χ4v) is 3.46. The van der Waals surface area contributed by atoms with E-state index in [1.165, 1.54) is 77.3 Å². The average Bonchev–Trinajstić information content (AvgIpc) is 2.46. The predicted octanol–water partition coefficient (Wildman–Crippen LogP) is 5.51. The van der Waals surface area contributed by atoms with Crippen LogP contribution in [0.2, 0.25) is 0 Å². The van der Waals surface area contributed by atoms with Crippen molar-refractivity contribution in [3.63, 3.8) is 0 Å². The standard InChI is InChI=1S/C18H37NO.CH4/c1-4-18-16-17(2)12-14-19(18)13-10-8-6-5-7-9-11-15-20-3;/h17-18H,4-16H2,1-3H3;1H4. The molecule has 0 radical (unpaired) electrons. The first-order valence-electron chi connectivity index (χ1n) is 9.01. The largest absolute Gasteiger partial charge is 0.385 e. The molecular weight excluding hydrogens is 258 g/mol. The van der Waals surface area contributed by atoms with Gasteiger partial charge in [-0.25, -0.2) is 0 Å². The van der Waals surface area contributed by atoms with Gasteiger partial charge in [-0.15, -0.1) is 0 Å². The Morgan fingerprint density at radius 3 is 2.24 bits per heavy atom. The zero-order valence-electron chi connectivity index (χ0n) is 14.2. The summed E-state index contributed by atoms with van der Waals surface area (Å²) < 4.78 is 5.08. The Hall–Kier alpha value is -0.0800. The quantitative estimate of drug-likeness (QED) is 0.466. The van der Waals surface area contributed by atoms with E-state index in [0.29, 0.717) is 0 Å². The molecule has 0 amide bonds. The number of hydrogen-bond donors (Lipinski definition) is 0. The van der Waals surface area contributed by atoms with Crippen LogP contribution >= 0.6 is 0 Å². The van der Waals surface area contributed by atoms with Crippen molar-refractivity contribution < 1.29 is 4.74 Å². The monoisotopic (exact) mass is 299 g/mol. The van der Waals surface area contributed by atoms with Crippen LogP contribution in [0.3, 0.4) is 0 Å². The molecule has 0 aromatic carbocycles. The maximum atomic E-state index is 5.08. The van der Waals surface area contributed by atoms with Crippen LogP contribution in [-0.2, 0) is 4.74 Å². The Bertz CT molecular complexity index is 220. The molecule has 0 aliphatic carbocycles. The molecule has 2 atom stereocenters. The molecule has 0 spiro atoms. The van der Waals surface area contributed by atoms with Crippen molar-refractivity contribution in [2.75, 3.05) is 26.8 Å². The Balaban J connectivity index is 0.00000400. The maximum Gasteiger partial charge on any atom is 0.0462 e. The second-order valence-corrected chi connectivity index (χ2v) is 6.70. The van der Waals surface area contributed by atoms with Crippen LogP contribution < -0.4 is 0 Å². The van der Waals surface area contributed by atoms with Crippen LogP contribution in [0.25, 0.3) is 0 Å². The number of ether oxygens (including phenoxy) is 1. The number of nitrogens with zero attached hydrogens (tertiary/aromatic N) is 1. The molecule has 2 nitrogen and oxygen atoms in total. The first-order chi connectivity index (χ1) is 9.77. The second-order valence-electron chi connectivity index (χ2n) is 6.70. The van der Waals surface area contributed by atoms with Crippen LogP contribution in [0.5, 0.6) is 0 Å². The third-order valence-electron chi connectivity index (χ3n) is 4.86. The highest BCUT2D eigenvalue weighted by atomic mass is 16.5. The van der Waals surface area contributed by atoms with Gasteiger partial charge >= 0.3 is 0 Å². The van der Waals surface area contributed by atoms with Crippen molar-refractivity contribution in [1.82, 2.24) is 4.90 Å². The highest BCUT2D eigenvalue weighted by molar-refractivity contribution is 4.78. The van der Waals surface area contributed by atoms with Gasteiger partial charge in [0.25, 0.3) is 0 Å². The predicted molar refractivity (Wildman–Crippen MR) is 95.0 cm³/mol. The zero-order valence-corrected chi connectivity index (χ0v) is 14.2. The number of piperidine rings is 1. The molecule has 0 saturated carbocycles. The van der Waals surface area contributed by atoms with Gasteiger partial charge in [-0.3, -0.25) is 0 Å². The Morgan fingerprint density at radius 2 is 1.62 bits per heavy atom. The third kappa shape index (κ3) is 9.52. The summed E-state index contributed by atoms with van der Waals surface area (Å²) >= 11 is 0. The lowest BCUT2D eigenvalue weighted by atomic mass is 9.91. The number of unbranched alkanes of at least 4 members (excludes halogenated alkanes) is 6. The minimum Gasteiger partial charge on any atom is -0.385 e. The van der Waals surface area contributed by atoms with E-state index >= 15 is 0 Å². The molecule has 0 aromatic rings. The molecule has 0 bridgehead atoms. The average molecular weight is 300 g/mol. The normalized spacial score (nSPS) is 23.0. The molecule has 1 aliphatic rings. The van der Waals surface area contributed by atoms with Crippen molar-refractivity contribution in [3.8, 4) is 0 Å². The van der Waals surface area contributed by atoms with Gasteiger partial charge in [-0.2, -0.15) is 0 Å². The van der Waals surface area contributed by atoms with Crippen molar-refractivity contribution in [1.29, 1.82) is 0 Å². The van der Waals surface area contributed by atoms with Crippen LogP contribution in [0.1, 0.15) is 85.5 Å². The van der Waals surface area contributed by atoms with E-state index < -0.39 is 0 Å². The van der Waals surface area contributed by atoms with Crippen molar-refractivity contribution >= 4 is 0 Å².